The Morgan fingerprint density at radius 2 is 1.87 bits per heavy atom. The van der Waals surface area contributed by atoms with Crippen LogP contribution in [0, 0.1) is 0 Å². The molecule has 2 atom stereocenters. The molecule has 1 amide bonds. The largest absolute Gasteiger partial charge is 0.360 e. The highest BCUT2D eigenvalue weighted by molar-refractivity contribution is 7.87. The minimum atomic E-state index is -3.90. The number of carbonyl (C=O) groups excluding carboxylic acids is 1. The van der Waals surface area contributed by atoms with Gasteiger partial charge in [0.1, 0.15) is 11.5 Å². The van der Waals surface area contributed by atoms with Crippen LogP contribution >= 0.6 is 34.5 Å². The quantitative estimate of drug-likeness (QED) is 0.189. The van der Waals surface area contributed by atoms with E-state index in [-0.39, 0.29) is 17.6 Å². The van der Waals surface area contributed by atoms with E-state index in [4.69, 9.17) is 32.7 Å². The Labute approximate surface area is 277 Å². The first-order chi connectivity index (χ1) is 21.5. The number of hydrogen-bond acceptors (Lipinski definition) is 9. The van der Waals surface area contributed by atoms with E-state index in [1.165, 1.54) is 25.4 Å². The molecule has 240 valence electrons. The normalized spacial score (nSPS) is 18.9. The first-order valence-corrected chi connectivity index (χ1v) is 18.1. The number of nitrogens with one attached hydrogen (secondary N) is 1. The van der Waals surface area contributed by atoms with Gasteiger partial charge in [-0.3, -0.25) is 9.69 Å². The minimum Gasteiger partial charge on any atom is -0.360 e. The van der Waals surface area contributed by atoms with Gasteiger partial charge in [0, 0.05) is 61.9 Å². The Morgan fingerprint density at radius 3 is 2.53 bits per heavy atom. The number of aromatic nitrogens is 2. The Bertz CT molecular complexity index is 1820. The molecule has 14 heteroatoms. The fourth-order valence-corrected chi connectivity index (χ4v) is 8.21. The molecular formula is C31H36Cl2N6O4S2. The SMILES string of the molecule is CCN(Cc1c(-c2c(Cl)cccc2Cl)noc1C1CC1)CC1CCC(C)N1c1nc2ccc(C(=O)NS(=O)(=O)N(C)C)cc2s1. The molecule has 0 spiro atoms. The van der Waals surface area contributed by atoms with Crippen LogP contribution in [-0.2, 0) is 16.8 Å². The van der Waals surface area contributed by atoms with Crippen LogP contribution in [-0.4, -0.2) is 72.9 Å². The summed E-state index contributed by atoms with van der Waals surface area (Å²) in [6, 6.07) is 11.1. The van der Waals surface area contributed by atoms with Crippen LogP contribution in [0.1, 0.15) is 67.1 Å². The number of fused-ring (bicyclic) bond motifs is 1. The number of halogens is 2. The molecule has 0 radical (unpaired) electrons. The predicted octanol–water partition coefficient (Wildman–Crippen LogP) is 6.55. The Morgan fingerprint density at radius 1 is 1.13 bits per heavy atom. The molecule has 10 nitrogen and oxygen atoms in total. The second-order valence-electron chi connectivity index (χ2n) is 12.0. The lowest BCUT2D eigenvalue weighted by Crippen LogP contribution is -2.42. The highest BCUT2D eigenvalue weighted by atomic mass is 35.5. The maximum atomic E-state index is 12.7. The van der Waals surface area contributed by atoms with E-state index in [2.05, 4.69) is 33.5 Å². The van der Waals surface area contributed by atoms with Gasteiger partial charge in [-0.15, -0.1) is 0 Å². The van der Waals surface area contributed by atoms with Gasteiger partial charge >= 0.3 is 10.2 Å². The van der Waals surface area contributed by atoms with Crippen LogP contribution in [0.4, 0.5) is 5.13 Å². The van der Waals surface area contributed by atoms with Gasteiger partial charge in [0.05, 0.1) is 20.3 Å². The Kier molecular flexibility index (Phi) is 9.17. The van der Waals surface area contributed by atoms with Crippen LogP contribution in [0.15, 0.2) is 40.9 Å². The summed E-state index contributed by atoms with van der Waals surface area (Å²) in [6.07, 6.45) is 4.23. The van der Waals surface area contributed by atoms with Gasteiger partial charge in [0.25, 0.3) is 5.91 Å². The molecule has 2 aromatic heterocycles. The molecule has 1 saturated carbocycles. The summed E-state index contributed by atoms with van der Waals surface area (Å²) in [5.74, 6) is 0.630. The van der Waals surface area contributed by atoms with Gasteiger partial charge < -0.3 is 9.42 Å². The summed E-state index contributed by atoms with van der Waals surface area (Å²) in [7, 11) is -1.16. The Hall–Kier alpha value is -2.74. The standard InChI is InChI=1S/C31H36Cl2N6O4S2/c1-5-38(17-22-28(35-43-29(22)19-10-11-19)27-23(32)7-6-8-24(27)33)16-21-13-9-18(2)39(21)31-34-25-14-12-20(15-26(25)44-31)30(40)36-45(41,42)37(3)4/h6-8,12,14-15,18-19,21H,5,9-11,13,16-17H2,1-4H3,(H,36,40). The third-order valence-electron chi connectivity index (χ3n) is 8.61. The van der Waals surface area contributed by atoms with Gasteiger partial charge in [0.2, 0.25) is 0 Å². The molecule has 0 bridgehead atoms. The molecule has 1 aliphatic carbocycles. The van der Waals surface area contributed by atoms with E-state index in [1.54, 1.807) is 18.2 Å². The second-order valence-corrected chi connectivity index (χ2v) is 15.7. The molecule has 2 aliphatic rings. The third kappa shape index (κ3) is 6.59. The fraction of sp³-hybridized carbons (Fsp3) is 0.452. The zero-order chi connectivity index (χ0) is 32.0. The average Bonchev–Trinajstić information content (AvgIpc) is 3.46. The van der Waals surface area contributed by atoms with Gasteiger partial charge in [-0.1, -0.05) is 52.7 Å². The summed E-state index contributed by atoms with van der Waals surface area (Å²) >= 11 is 14.7. The predicted molar refractivity (Wildman–Crippen MR) is 180 cm³/mol. The molecule has 3 heterocycles. The smallest absolute Gasteiger partial charge is 0.303 e. The van der Waals surface area contributed by atoms with Gasteiger partial charge in [-0.05, 0) is 69.5 Å². The van der Waals surface area contributed by atoms with E-state index in [1.807, 2.05) is 18.2 Å². The van der Waals surface area contributed by atoms with E-state index >= 15 is 0 Å². The monoisotopic (exact) mass is 690 g/mol. The second kappa shape index (κ2) is 12.8. The highest BCUT2D eigenvalue weighted by Gasteiger charge is 2.37. The van der Waals surface area contributed by atoms with Crippen LogP contribution in [0.25, 0.3) is 21.5 Å². The number of hydrogen-bond donors (Lipinski definition) is 1. The van der Waals surface area contributed by atoms with E-state index in [9.17, 15) is 13.2 Å². The van der Waals surface area contributed by atoms with E-state index in [0.717, 1.165) is 69.7 Å². The van der Waals surface area contributed by atoms with Crippen molar-refractivity contribution in [1.82, 2.24) is 24.1 Å². The first kappa shape index (κ1) is 32.2. The maximum Gasteiger partial charge on any atom is 0.303 e. The fourth-order valence-electron chi connectivity index (χ4n) is 5.92. The molecule has 2 aromatic carbocycles. The number of carbonyl (C=O) groups is 1. The van der Waals surface area contributed by atoms with Gasteiger partial charge in [0.15, 0.2) is 5.13 Å². The van der Waals surface area contributed by atoms with Crippen molar-refractivity contribution in [2.24, 2.45) is 0 Å². The number of rotatable bonds is 11. The molecule has 1 aliphatic heterocycles. The van der Waals surface area contributed by atoms with Crippen LogP contribution in [0.3, 0.4) is 0 Å². The van der Waals surface area contributed by atoms with Crippen LogP contribution in [0.2, 0.25) is 10.0 Å². The van der Waals surface area contributed by atoms with Crippen molar-refractivity contribution < 1.29 is 17.7 Å². The molecule has 2 unspecified atom stereocenters. The van der Waals surface area contributed by atoms with Crippen LogP contribution in [0.5, 0.6) is 0 Å². The summed E-state index contributed by atoms with van der Waals surface area (Å²) < 4.78 is 34.2. The number of amides is 1. The molecule has 2 fully saturated rings. The zero-order valence-corrected chi connectivity index (χ0v) is 28.7. The number of thiazole rings is 1. The lowest BCUT2D eigenvalue weighted by atomic mass is 10.0. The van der Waals surface area contributed by atoms with Crippen molar-refractivity contribution in [3.05, 3.63) is 63.3 Å². The number of nitrogens with zero attached hydrogens (tertiary/aromatic N) is 5. The number of anilines is 1. The lowest BCUT2D eigenvalue weighted by molar-refractivity contribution is 0.0980. The van der Waals surface area contributed by atoms with Gasteiger partial charge in [-0.25, -0.2) is 9.71 Å². The summed E-state index contributed by atoms with van der Waals surface area (Å²) in [6.45, 7) is 6.69. The van der Waals surface area contributed by atoms with E-state index < -0.39 is 16.1 Å². The van der Waals surface area contributed by atoms with Crippen molar-refractivity contribution in [1.29, 1.82) is 0 Å². The minimum absolute atomic E-state index is 0.227. The zero-order valence-electron chi connectivity index (χ0n) is 25.6. The summed E-state index contributed by atoms with van der Waals surface area (Å²) in [5.41, 5.74) is 3.51. The van der Waals surface area contributed by atoms with Crippen LogP contribution < -0.4 is 9.62 Å². The Balaban J connectivity index is 1.24. The van der Waals surface area contributed by atoms with Crippen molar-refractivity contribution in [3.8, 4) is 11.3 Å². The van der Waals surface area contributed by atoms with Crippen molar-refractivity contribution in [2.45, 2.75) is 64.1 Å². The molecule has 4 aromatic rings. The first-order valence-electron chi connectivity index (χ1n) is 15.1. The number of likely N-dealkylation sites (N-methyl/N-ethyl adjacent to an activating group) is 1. The van der Waals surface area contributed by atoms with Crippen molar-refractivity contribution >= 4 is 66.0 Å². The van der Waals surface area contributed by atoms with E-state index in [0.29, 0.717) is 33.8 Å². The molecule has 1 N–H and O–H groups in total. The third-order valence-corrected chi connectivity index (χ3v) is 11.7. The topological polar surface area (TPSA) is 112 Å². The number of benzene rings is 2. The summed E-state index contributed by atoms with van der Waals surface area (Å²) in [5, 5.41) is 6.47. The highest BCUT2D eigenvalue weighted by Crippen LogP contribution is 2.46. The van der Waals surface area contributed by atoms with Gasteiger partial charge in [-0.2, -0.15) is 12.7 Å². The maximum absolute atomic E-state index is 12.7. The lowest BCUT2D eigenvalue weighted by Gasteiger charge is -2.32. The van der Waals surface area contributed by atoms with Crippen molar-refractivity contribution in [3.63, 3.8) is 0 Å². The molecule has 6 rings (SSSR count). The average molecular weight is 692 g/mol. The molecule has 1 saturated heterocycles. The summed E-state index contributed by atoms with van der Waals surface area (Å²) in [4.78, 5) is 22.5. The van der Waals surface area contributed by atoms with Crippen molar-refractivity contribution in [2.75, 3.05) is 32.1 Å². The molecule has 45 heavy (non-hydrogen) atoms. The molecular weight excluding hydrogens is 655 g/mol.